The van der Waals surface area contributed by atoms with Crippen LogP contribution in [-0.4, -0.2) is 16.5 Å². The molecule has 2 N–H and O–H groups in total. The predicted molar refractivity (Wildman–Crippen MR) is 63.1 cm³/mol. The molecule has 0 aromatic carbocycles. The average Bonchev–Trinajstić information content (AvgIpc) is 2.66. The van der Waals surface area contributed by atoms with Crippen molar-refractivity contribution in [2.75, 3.05) is 6.54 Å². The van der Waals surface area contributed by atoms with Crippen LogP contribution in [0.4, 0.5) is 0 Å². The van der Waals surface area contributed by atoms with Crippen molar-refractivity contribution in [3.63, 3.8) is 0 Å². The summed E-state index contributed by atoms with van der Waals surface area (Å²) in [5, 5.41) is 0. The van der Waals surface area contributed by atoms with Crippen LogP contribution >= 0.6 is 22.9 Å². The molecular weight excluding hydrogens is 230 g/mol. The van der Waals surface area contributed by atoms with Gasteiger partial charge < -0.3 is 5.73 Å². The zero-order chi connectivity index (χ0) is 10.7. The summed E-state index contributed by atoms with van der Waals surface area (Å²) in [6, 6.07) is 5.70. The molecule has 2 aromatic rings. The number of halogens is 1. The molecule has 0 bridgehead atoms. The van der Waals surface area contributed by atoms with Crippen LogP contribution in [0.2, 0.25) is 4.34 Å². The Morgan fingerprint density at radius 3 is 2.87 bits per heavy atom. The van der Waals surface area contributed by atoms with Gasteiger partial charge in [0.15, 0.2) is 0 Å². The Labute approximate surface area is 96.9 Å². The SMILES string of the molecule is NCCc1nccc(-c2ccc(Cl)s2)n1. The minimum absolute atomic E-state index is 0.564. The smallest absolute Gasteiger partial charge is 0.130 e. The summed E-state index contributed by atoms with van der Waals surface area (Å²) < 4.78 is 0.768. The first-order valence-electron chi connectivity index (χ1n) is 4.57. The normalized spacial score (nSPS) is 10.5. The zero-order valence-corrected chi connectivity index (χ0v) is 9.55. The summed E-state index contributed by atoms with van der Waals surface area (Å²) in [7, 11) is 0. The molecular formula is C10H10ClN3S. The largest absolute Gasteiger partial charge is 0.330 e. The van der Waals surface area contributed by atoms with Crippen molar-refractivity contribution in [2.45, 2.75) is 6.42 Å². The highest BCUT2D eigenvalue weighted by Gasteiger charge is 2.04. The number of hydrogen-bond donors (Lipinski definition) is 1. The lowest BCUT2D eigenvalue weighted by atomic mass is 10.3. The van der Waals surface area contributed by atoms with E-state index >= 15 is 0 Å². The Balaban J connectivity index is 2.32. The van der Waals surface area contributed by atoms with Crippen molar-refractivity contribution < 1.29 is 0 Å². The van der Waals surface area contributed by atoms with Gasteiger partial charge in [-0.3, -0.25) is 0 Å². The number of hydrogen-bond acceptors (Lipinski definition) is 4. The summed E-state index contributed by atoms with van der Waals surface area (Å²) in [5.74, 6) is 0.777. The van der Waals surface area contributed by atoms with Gasteiger partial charge in [0.05, 0.1) is 14.9 Å². The first-order valence-corrected chi connectivity index (χ1v) is 5.77. The van der Waals surface area contributed by atoms with E-state index in [0.717, 1.165) is 20.7 Å². The molecule has 0 saturated heterocycles. The van der Waals surface area contributed by atoms with Crippen molar-refractivity contribution in [2.24, 2.45) is 5.73 Å². The molecule has 0 atom stereocenters. The molecule has 2 heterocycles. The maximum Gasteiger partial charge on any atom is 0.130 e. The second kappa shape index (κ2) is 4.70. The lowest BCUT2D eigenvalue weighted by Crippen LogP contribution is -2.06. The third kappa shape index (κ3) is 2.53. The van der Waals surface area contributed by atoms with E-state index < -0.39 is 0 Å². The van der Waals surface area contributed by atoms with Crippen molar-refractivity contribution in [3.8, 4) is 10.6 Å². The lowest BCUT2D eigenvalue weighted by molar-refractivity contribution is 0.870. The standard InChI is InChI=1S/C10H10ClN3S/c11-9-2-1-8(15-9)7-4-6-13-10(14-7)3-5-12/h1-2,4,6H,3,5,12H2. The van der Waals surface area contributed by atoms with E-state index in [4.69, 9.17) is 17.3 Å². The average molecular weight is 240 g/mol. The van der Waals surface area contributed by atoms with Crippen molar-refractivity contribution in [1.82, 2.24) is 9.97 Å². The monoisotopic (exact) mass is 239 g/mol. The molecule has 0 spiro atoms. The van der Waals surface area contributed by atoms with Gasteiger partial charge >= 0.3 is 0 Å². The molecule has 0 saturated carbocycles. The van der Waals surface area contributed by atoms with Gasteiger partial charge in [-0.25, -0.2) is 9.97 Å². The van der Waals surface area contributed by atoms with Gasteiger partial charge in [0.1, 0.15) is 5.82 Å². The molecule has 0 unspecified atom stereocenters. The van der Waals surface area contributed by atoms with Gasteiger partial charge in [-0.15, -0.1) is 11.3 Å². The van der Waals surface area contributed by atoms with Gasteiger partial charge in [0, 0.05) is 12.6 Å². The van der Waals surface area contributed by atoms with Gasteiger partial charge in [-0.2, -0.15) is 0 Å². The number of nitrogens with two attached hydrogens (primary N) is 1. The minimum atomic E-state index is 0.564. The van der Waals surface area contributed by atoms with Crippen molar-refractivity contribution >= 4 is 22.9 Å². The van der Waals surface area contributed by atoms with Crippen LogP contribution in [0.25, 0.3) is 10.6 Å². The van der Waals surface area contributed by atoms with Gasteiger partial charge in [-0.05, 0) is 24.7 Å². The summed E-state index contributed by atoms with van der Waals surface area (Å²) >= 11 is 7.38. The van der Waals surface area contributed by atoms with Crippen LogP contribution in [0.15, 0.2) is 24.4 Å². The van der Waals surface area contributed by atoms with E-state index in [1.807, 2.05) is 18.2 Å². The number of rotatable bonds is 3. The highest BCUT2D eigenvalue weighted by Crippen LogP contribution is 2.29. The summed E-state index contributed by atoms with van der Waals surface area (Å²) in [6.45, 7) is 0.564. The quantitative estimate of drug-likeness (QED) is 0.895. The van der Waals surface area contributed by atoms with Crippen LogP contribution in [-0.2, 0) is 6.42 Å². The Bertz CT molecular complexity index is 455. The number of thiophene rings is 1. The van der Waals surface area contributed by atoms with E-state index in [0.29, 0.717) is 13.0 Å². The molecule has 78 valence electrons. The molecule has 2 rings (SSSR count). The van der Waals surface area contributed by atoms with E-state index in [1.54, 1.807) is 6.20 Å². The maximum absolute atomic E-state index is 5.87. The fraction of sp³-hybridized carbons (Fsp3) is 0.200. The summed E-state index contributed by atoms with van der Waals surface area (Å²) in [6.07, 6.45) is 2.45. The Hall–Kier alpha value is -0.970. The molecule has 0 aliphatic rings. The third-order valence-corrected chi connectivity index (χ3v) is 3.15. The Morgan fingerprint density at radius 1 is 1.33 bits per heavy atom. The minimum Gasteiger partial charge on any atom is -0.330 e. The van der Waals surface area contributed by atoms with E-state index in [9.17, 15) is 0 Å². The van der Waals surface area contributed by atoms with Crippen molar-refractivity contribution in [1.29, 1.82) is 0 Å². The van der Waals surface area contributed by atoms with Crippen LogP contribution in [0.5, 0.6) is 0 Å². The molecule has 0 fully saturated rings. The first kappa shape index (κ1) is 10.5. The highest BCUT2D eigenvalue weighted by molar-refractivity contribution is 7.19. The summed E-state index contributed by atoms with van der Waals surface area (Å²) in [5.41, 5.74) is 6.36. The van der Waals surface area contributed by atoms with Gasteiger partial charge in [0.25, 0.3) is 0 Å². The van der Waals surface area contributed by atoms with E-state index in [-0.39, 0.29) is 0 Å². The summed E-state index contributed by atoms with van der Waals surface area (Å²) in [4.78, 5) is 9.60. The molecule has 3 nitrogen and oxygen atoms in total. The molecule has 2 aromatic heterocycles. The lowest BCUT2D eigenvalue weighted by Gasteiger charge is -1.99. The second-order valence-electron chi connectivity index (χ2n) is 3.00. The fourth-order valence-electron chi connectivity index (χ4n) is 1.24. The topological polar surface area (TPSA) is 51.8 Å². The molecule has 5 heteroatoms. The van der Waals surface area contributed by atoms with Crippen LogP contribution < -0.4 is 5.73 Å². The fourth-order valence-corrected chi connectivity index (χ4v) is 2.25. The number of nitrogens with zero attached hydrogens (tertiary/aromatic N) is 2. The van der Waals surface area contributed by atoms with Gasteiger partial charge in [-0.1, -0.05) is 11.6 Å². The highest BCUT2D eigenvalue weighted by atomic mass is 35.5. The first-order chi connectivity index (χ1) is 7.29. The predicted octanol–water partition coefficient (Wildman–Crippen LogP) is 2.36. The third-order valence-electron chi connectivity index (χ3n) is 1.90. The molecule has 15 heavy (non-hydrogen) atoms. The Kier molecular flexibility index (Phi) is 3.30. The molecule has 0 amide bonds. The van der Waals surface area contributed by atoms with E-state index in [1.165, 1.54) is 11.3 Å². The van der Waals surface area contributed by atoms with Crippen molar-refractivity contribution in [3.05, 3.63) is 34.6 Å². The molecule has 0 aliphatic heterocycles. The molecule has 0 radical (unpaired) electrons. The van der Waals surface area contributed by atoms with Crippen LogP contribution in [0, 0.1) is 0 Å². The maximum atomic E-state index is 5.87. The Morgan fingerprint density at radius 2 is 2.20 bits per heavy atom. The molecule has 0 aliphatic carbocycles. The van der Waals surface area contributed by atoms with Gasteiger partial charge in [0.2, 0.25) is 0 Å². The number of aromatic nitrogens is 2. The zero-order valence-electron chi connectivity index (χ0n) is 7.98. The van der Waals surface area contributed by atoms with Crippen LogP contribution in [0.1, 0.15) is 5.82 Å². The van der Waals surface area contributed by atoms with Crippen LogP contribution in [0.3, 0.4) is 0 Å². The van der Waals surface area contributed by atoms with E-state index in [2.05, 4.69) is 9.97 Å². The second-order valence-corrected chi connectivity index (χ2v) is 4.72.